The Morgan fingerprint density at radius 2 is 1.74 bits per heavy atom. The highest BCUT2D eigenvalue weighted by atomic mass is 32.2. The monoisotopic (exact) mass is 438 g/mol. The van der Waals surface area contributed by atoms with Crippen molar-refractivity contribution in [2.45, 2.75) is 50.5 Å². The second-order valence-electron chi connectivity index (χ2n) is 7.28. The number of hydrogen-bond donors (Lipinski definition) is 1. The number of thioether (sulfide) groups is 1. The number of carbonyl (C=O) groups is 2. The maximum atomic E-state index is 12.8. The van der Waals surface area contributed by atoms with Gasteiger partial charge in [0.15, 0.2) is 6.10 Å². The summed E-state index contributed by atoms with van der Waals surface area (Å²) >= 11 is 1.50. The number of aryl methyl sites for hydroxylation is 2. The molecule has 3 rings (SSSR count). The van der Waals surface area contributed by atoms with E-state index in [1.165, 1.54) is 11.8 Å². The Bertz CT molecular complexity index is 1030. The topological polar surface area (TPSA) is 81.4 Å². The smallest absolute Gasteiger partial charge is 0.340 e. The number of nitrogens with one attached hydrogen (secondary N) is 1. The number of rotatable bonds is 8. The predicted octanol–water partition coefficient (Wildman–Crippen LogP) is 5.01. The number of ether oxygens (including phenoxy) is 1. The van der Waals surface area contributed by atoms with Gasteiger partial charge in [0.2, 0.25) is 0 Å². The first-order valence-electron chi connectivity index (χ1n) is 10.1. The van der Waals surface area contributed by atoms with E-state index < -0.39 is 12.1 Å². The van der Waals surface area contributed by atoms with Gasteiger partial charge in [-0.15, -0.1) is 11.8 Å². The van der Waals surface area contributed by atoms with Gasteiger partial charge >= 0.3 is 5.97 Å². The van der Waals surface area contributed by atoms with E-state index in [0.29, 0.717) is 11.3 Å². The first kappa shape index (κ1) is 22.6. The van der Waals surface area contributed by atoms with Crippen LogP contribution in [0.2, 0.25) is 0 Å². The van der Waals surface area contributed by atoms with Crippen LogP contribution < -0.4 is 5.32 Å². The molecule has 6 nitrogen and oxygen atoms in total. The zero-order chi connectivity index (χ0) is 22.4. The molecular formula is C24H26N2O4S. The summed E-state index contributed by atoms with van der Waals surface area (Å²) in [5.74, 6) is 0.515. The summed E-state index contributed by atoms with van der Waals surface area (Å²) in [6, 6.07) is 16.6. The zero-order valence-corrected chi connectivity index (χ0v) is 18.9. The summed E-state index contributed by atoms with van der Waals surface area (Å²) in [7, 11) is 0. The highest BCUT2D eigenvalue weighted by Gasteiger charge is 2.22. The molecule has 7 heteroatoms. The summed E-state index contributed by atoms with van der Waals surface area (Å²) < 4.78 is 10.7. The Morgan fingerprint density at radius 3 is 2.42 bits per heavy atom. The molecule has 1 N–H and O–H groups in total. The van der Waals surface area contributed by atoms with Crippen molar-refractivity contribution in [3.63, 3.8) is 0 Å². The number of hydrogen-bond acceptors (Lipinski definition) is 6. The molecule has 0 spiro atoms. The van der Waals surface area contributed by atoms with Gasteiger partial charge in [0, 0.05) is 16.2 Å². The maximum Gasteiger partial charge on any atom is 0.340 e. The van der Waals surface area contributed by atoms with E-state index in [9.17, 15) is 9.59 Å². The molecule has 0 aliphatic heterocycles. The third-order valence-corrected chi connectivity index (χ3v) is 6.07. The number of nitrogens with zero attached hydrogens (tertiary/aromatic N) is 1. The lowest BCUT2D eigenvalue weighted by Gasteiger charge is -2.19. The van der Waals surface area contributed by atoms with Gasteiger partial charge in [-0.05, 0) is 45.4 Å². The van der Waals surface area contributed by atoms with Gasteiger partial charge in [-0.3, -0.25) is 4.79 Å². The van der Waals surface area contributed by atoms with Gasteiger partial charge in [0.1, 0.15) is 5.76 Å². The van der Waals surface area contributed by atoms with E-state index in [4.69, 9.17) is 9.26 Å². The average molecular weight is 439 g/mol. The van der Waals surface area contributed by atoms with Crippen molar-refractivity contribution in [2.24, 2.45) is 0 Å². The molecule has 0 radical (unpaired) electrons. The number of benzene rings is 2. The van der Waals surface area contributed by atoms with Gasteiger partial charge in [0.25, 0.3) is 5.91 Å². The minimum atomic E-state index is -0.917. The largest absolute Gasteiger partial charge is 0.449 e. The second kappa shape index (κ2) is 10.3. The van der Waals surface area contributed by atoms with Gasteiger partial charge in [-0.25, -0.2) is 4.79 Å². The number of amides is 1. The van der Waals surface area contributed by atoms with Crippen LogP contribution in [0.15, 0.2) is 64.0 Å². The van der Waals surface area contributed by atoms with Crippen molar-refractivity contribution in [2.75, 3.05) is 0 Å². The first-order valence-corrected chi connectivity index (χ1v) is 11.0. The zero-order valence-electron chi connectivity index (χ0n) is 18.0. The molecule has 1 heterocycles. The Balaban J connectivity index is 1.62. The summed E-state index contributed by atoms with van der Waals surface area (Å²) in [6.45, 7) is 7.23. The van der Waals surface area contributed by atoms with Crippen molar-refractivity contribution in [1.82, 2.24) is 10.5 Å². The molecule has 1 amide bonds. The summed E-state index contributed by atoms with van der Waals surface area (Å²) in [4.78, 5) is 26.1. The van der Waals surface area contributed by atoms with Gasteiger partial charge in [-0.2, -0.15) is 0 Å². The quantitative estimate of drug-likeness (QED) is 0.393. The minimum absolute atomic E-state index is 0.187. The molecule has 3 aromatic rings. The highest BCUT2D eigenvalue weighted by Crippen LogP contribution is 2.29. The molecule has 2 unspecified atom stereocenters. The summed E-state index contributed by atoms with van der Waals surface area (Å²) in [5.41, 5.74) is 3.25. The van der Waals surface area contributed by atoms with Crippen molar-refractivity contribution in [1.29, 1.82) is 0 Å². The molecule has 162 valence electrons. The maximum absolute atomic E-state index is 12.8. The number of aromatic nitrogens is 1. The molecule has 1 aromatic heterocycles. The van der Waals surface area contributed by atoms with E-state index in [2.05, 4.69) is 10.5 Å². The lowest BCUT2D eigenvalue weighted by molar-refractivity contribution is -0.129. The highest BCUT2D eigenvalue weighted by molar-refractivity contribution is 7.98. The van der Waals surface area contributed by atoms with E-state index in [1.54, 1.807) is 19.1 Å². The molecule has 0 aliphatic carbocycles. The van der Waals surface area contributed by atoms with E-state index >= 15 is 0 Å². The van der Waals surface area contributed by atoms with Crippen LogP contribution in [0.5, 0.6) is 0 Å². The molecule has 0 aliphatic rings. The fourth-order valence-electron chi connectivity index (χ4n) is 3.05. The molecule has 2 atom stereocenters. The Kier molecular flexibility index (Phi) is 7.52. The molecule has 0 fully saturated rings. The van der Waals surface area contributed by atoms with Crippen molar-refractivity contribution in [3.8, 4) is 0 Å². The van der Waals surface area contributed by atoms with Crippen molar-refractivity contribution < 1.29 is 18.8 Å². The molecular weight excluding hydrogens is 412 g/mol. The third kappa shape index (κ3) is 5.76. The Hall–Kier alpha value is -3.06. The Morgan fingerprint density at radius 1 is 1.06 bits per heavy atom. The fourth-order valence-corrected chi connectivity index (χ4v) is 4.25. The number of carbonyl (C=O) groups excluding carboxylic acids is 2. The van der Waals surface area contributed by atoms with E-state index in [-0.39, 0.29) is 11.9 Å². The third-order valence-electron chi connectivity index (χ3n) is 4.97. The second-order valence-corrected chi connectivity index (χ2v) is 8.29. The normalized spacial score (nSPS) is 12.8. The first-order chi connectivity index (χ1) is 14.9. The molecule has 0 saturated heterocycles. The summed E-state index contributed by atoms with van der Waals surface area (Å²) in [5, 5.41) is 6.85. The molecule has 31 heavy (non-hydrogen) atoms. The van der Waals surface area contributed by atoms with Crippen LogP contribution in [0.4, 0.5) is 0 Å². The molecule has 2 aromatic carbocycles. The van der Waals surface area contributed by atoms with Crippen LogP contribution in [-0.4, -0.2) is 23.1 Å². The molecule has 0 bridgehead atoms. The van der Waals surface area contributed by atoms with Crippen LogP contribution in [0.1, 0.15) is 52.8 Å². The SMILES string of the molecule is Cc1noc(C)c1CSc1ccccc1C(=O)OC(C)C(=O)NC(C)c1ccccc1. The number of esters is 1. The van der Waals surface area contributed by atoms with E-state index in [1.807, 2.05) is 63.2 Å². The van der Waals surface area contributed by atoms with Crippen LogP contribution in [0, 0.1) is 13.8 Å². The van der Waals surface area contributed by atoms with Gasteiger partial charge in [0.05, 0.1) is 17.3 Å². The lowest BCUT2D eigenvalue weighted by atomic mass is 10.1. The predicted molar refractivity (Wildman–Crippen MR) is 120 cm³/mol. The standard InChI is InChI=1S/C24H26N2O4S/c1-15(19-10-6-5-7-11-19)25-23(27)18(4)29-24(28)20-12-8-9-13-22(20)31-14-21-16(2)26-30-17(21)3/h5-13,15,18H,14H2,1-4H3,(H,25,27). The van der Waals surface area contributed by atoms with Crippen LogP contribution in [-0.2, 0) is 15.3 Å². The van der Waals surface area contributed by atoms with Crippen LogP contribution in [0.25, 0.3) is 0 Å². The van der Waals surface area contributed by atoms with Crippen molar-refractivity contribution >= 4 is 23.6 Å². The fraction of sp³-hybridized carbons (Fsp3) is 0.292. The van der Waals surface area contributed by atoms with E-state index in [0.717, 1.165) is 27.5 Å². The average Bonchev–Trinajstić information content (AvgIpc) is 3.10. The van der Waals surface area contributed by atoms with Crippen LogP contribution in [0.3, 0.4) is 0 Å². The molecule has 0 saturated carbocycles. The minimum Gasteiger partial charge on any atom is -0.449 e. The van der Waals surface area contributed by atoms with Gasteiger partial charge in [-0.1, -0.05) is 47.6 Å². The van der Waals surface area contributed by atoms with Gasteiger partial charge < -0.3 is 14.6 Å². The summed E-state index contributed by atoms with van der Waals surface area (Å²) in [6.07, 6.45) is -0.917. The van der Waals surface area contributed by atoms with Crippen LogP contribution >= 0.6 is 11.8 Å². The Labute approximate surface area is 186 Å². The lowest BCUT2D eigenvalue weighted by Crippen LogP contribution is -2.37. The van der Waals surface area contributed by atoms with Crippen molar-refractivity contribution in [3.05, 3.63) is 82.7 Å².